The van der Waals surface area contributed by atoms with E-state index in [4.69, 9.17) is 16.2 Å². The number of rotatable bonds is 7. The lowest BCUT2D eigenvalue weighted by Gasteiger charge is -2.31. The lowest BCUT2D eigenvalue weighted by atomic mass is 9.82. The van der Waals surface area contributed by atoms with Crippen LogP contribution in [0.1, 0.15) is 80.5 Å². The smallest absolute Gasteiger partial charge is 0.248 e. The molecule has 4 N–H and O–H groups in total. The number of hydrogen-bond acceptors (Lipinski definition) is 3. The van der Waals surface area contributed by atoms with Crippen LogP contribution < -0.4 is 16.2 Å². The molecule has 1 amide bonds. The molecule has 0 saturated heterocycles. The van der Waals surface area contributed by atoms with Gasteiger partial charge in [-0.1, -0.05) is 63.9 Å². The third-order valence-corrected chi connectivity index (χ3v) is 5.58. The highest BCUT2D eigenvalue weighted by atomic mass is 16.5. The molecule has 0 fully saturated rings. The normalized spacial score (nSPS) is 18.8. The molecule has 0 aromatic heterocycles. The summed E-state index contributed by atoms with van der Waals surface area (Å²) in [6, 6.07) is 16.0. The molecule has 0 spiro atoms. The molecule has 0 saturated carbocycles. The Morgan fingerprint density at radius 1 is 1.17 bits per heavy atom. The maximum atomic E-state index is 11.3. The minimum absolute atomic E-state index is 0.0260. The molecule has 4 nitrogen and oxygen atoms in total. The number of fused-ring (bicyclic) bond motifs is 1. The number of carbonyl (C=O) groups excluding carboxylic acids is 1. The van der Waals surface area contributed by atoms with Gasteiger partial charge in [-0.3, -0.25) is 4.79 Å². The lowest BCUT2D eigenvalue weighted by molar-refractivity contribution is 0.0997. The van der Waals surface area contributed by atoms with E-state index in [1.165, 1.54) is 30.4 Å². The number of hydrogen-bond donors (Lipinski definition) is 2. The monoisotopic (exact) mass is 396 g/mol. The highest BCUT2D eigenvalue weighted by Gasteiger charge is 2.28. The predicted molar refractivity (Wildman–Crippen MR) is 120 cm³/mol. The van der Waals surface area contributed by atoms with Gasteiger partial charge in [0.1, 0.15) is 11.9 Å². The van der Waals surface area contributed by atoms with Crippen molar-refractivity contribution in [2.24, 2.45) is 17.4 Å². The van der Waals surface area contributed by atoms with Gasteiger partial charge >= 0.3 is 0 Å². The minimum atomic E-state index is -0.433. The second-order valence-corrected chi connectivity index (χ2v) is 7.96. The molecule has 1 aliphatic carbocycles. The molecule has 1 unspecified atom stereocenters. The molecule has 0 bridgehead atoms. The van der Waals surface area contributed by atoms with Crippen LogP contribution in [0.25, 0.3) is 0 Å². The van der Waals surface area contributed by atoms with Gasteiger partial charge in [-0.05, 0) is 60.9 Å². The van der Waals surface area contributed by atoms with Crippen LogP contribution in [-0.2, 0) is 6.42 Å². The van der Waals surface area contributed by atoms with Crippen molar-refractivity contribution in [3.63, 3.8) is 0 Å². The van der Waals surface area contributed by atoms with E-state index in [1.807, 2.05) is 12.1 Å². The molecule has 3 atom stereocenters. The van der Waals surface area contributed by atoms with Crippen molar-refractivity contribution < 1.29 is 9.53 Å². The number of ether oxygens (including phenoxy) is 1. The van der Waals surface area contributed by atoms with Gasteiger partial charge in [0.15, 0.2) is 0 Å². The quantitative estimate of drug-likeness (QED) is 0.657. The Morgan fingerprint density at radius 3 is 2.62 bits per heavy atom. The van der Waals surface area contributed by atoms with Crippen LogP contribution in [0, 0.1) is 5.92 Å². The summed E-state index contributed by atoms with van der Waals surface area (Å²) in [5.41, 5.74) is 14.1. The number of carbonyl (C=O) groups is 1. The Labute approximate surface area is 175 Å². The molecular formula is C25H36N2O2. The zero-order chi connectivity index (χ0) is 21.2. The fourth-order valence-corrected chi connectivity index (χ4v) is 3.60. The first-order valence-corrected chi connectivity index (χ1v) is 10.9. The summed E-state index contributed by atoms with van der Waals surface area (Å²) in [5.74, 6) is 0.703. The fourth-order valence-electron chi connectivity index (χ4n) is 3.60. The highest BCUT2D eigenvalue weighted by molar-refractivity contribution is 5.93. The predicted octanol–water partition coefficient (Wildman–Crippen LogP) is 5.40. The Morgan fingerprint density at radius 2 is 1.93 bits per heavy atom. The largest absolute Gasteiger partial charge is 0.485 e. The van der Waals surface area contributed by atoms with Crippen molar-refractivity contribution >= 4 is 5.91 Å². The van der Waals surface area contributed by atoms with Gasteiger partial charge in [-0.25, -0.2) is 0 Å². The van der Waals surface area contributed by atoms with Gasteiger partial charge in [-0.15, -0.1) is 0 Å². The van der Waals surface area contributed by atoms with Crippen LogP contribution in [0.15, 0.2) is 48.5 Å². The molecule has 2 aromatic carbocycles. The number of benzene rings is 2. The van der Waals surface area contributed by atoms with Gasteiger partial charge in [0.25, 0.3) is 0 Å². The van der Waals surface area contributed by atoms with Crippen molar-refractivity contribution in [3.05, 3.63) is 65.2 Å². The Bertz CT molecular complexity index is 775. The topological polar surface area (TPSA) is 78.3 Å². The zero-order valence-electron chi connectivity index (χ0n) is 18.1. The third-order valence-electron chi connectivity index (χ3n) is 5.58. The second kappa shape index (κ2) is 11.6. The van der Waals surface area contributed by atoms with E-state index in [2.05, 4.69) is 39.0 Å². The first-order chi connectivity index (χ1) is 14.0. The van der Waals surface area contributed by atoms with E-state index in [0.29, 0.717) is 23.3 Å². The first kappa shape index (κ1) is 23.0. The molecule has 1 aliphatic rings. The summed E-state index contributed by atoms with van der Waals surface area (Å²) in [7, 11) is 0. The van der Waals surface area contributed by atoms with Gasteiger partial charge < -0.3 is 16.2 Å². The maximum Gasteiger partial charge on any atom is 0.248 e. The first-order valence-electron chi connectivity index (χ1n) is 10.9. The molecular weight excluding hydrogens is 360 g/mol. The molecule has 158 valence electrons. The number of amides is 1. The molecule has 2 aromatic rings. The Balaban J connectivity index is 0.000000321. The van der Waals surface area contributed by atoms with Crippen LogP contribution in [0.2, 0.25) is 0 Å². The van der Waals surface area contributed by atoms with Gasteiger partial charge in [-0.2, -0.15) is 0 Å². The van der Waals surface area contributed by atoms with Crippen LogP contribution >= 0.6 is 0 Å². The van der Waals surface area contributed by atoms with Crippen molar-refractivity contribution in [2.75, 3.05) is 0 Å². The third kappa shape index (κ3) is 6.90. The summed E-state index contributed by atoms with van der Waals surface area (Å²) in [6.07, 6.45) is 7.11. The summed E-state index contributed by atoms with van der Waals surface area (Å²) in [6.45, 7) is 6.54. The lowest BCUT2D eigenvalue weighted by Crippen LogP contribution is -2.23. The van der Waals surface area contributed by atoms with Crippen molar-refractivity contribution in [2.45, 2.75) is 71.4 Å². The Kier molecular flexibility index (Phi) is 9.20. The van der Waals surface area contributed by atoms with Gasteiger partial charge in [0.05, 0.1) is 0 Å². The molecule has 0 aliphatic heterocycles. The van der Waals surface area contributed by atoms with E-state index in [9.17, 15) is 4.79 Å². The maximum absolute atomic E-state index is 11.3. The van der Waals surface area contributed by atoms with Crippen molar-refractivity contribution in [3.8, 4) is 5.75 Å². The van der Waals surface area contributed by atoms with Gasteiger partial charge in [0, 0.05) is 11.6 Å². The average molecular weight is 397 g/mol. The van der Waals surface area contributed by atoms with Crippen LogP contribution in [0.4, 0.5) is 0 Å². The summed E-state index contributed by atoms with van der Waals surface area (Å²) < 4.78 is 6.18. The summed E-state index contributed by atoms with van der Waals surface area (Å²) in [5, 5.41) is 0. The van der Waals surface area contributed by atoms with E-state index < -0.39 is 5.91 Å². The van der Waals surface area contributed by atoms with Gasteiger partial charge in [0.2, 0.25) is 5.91 Å². The standard InChI is InChI=1S/C18H19NO2.C7H17N/c1-12-9-10-13-5-2-3-8-16(13)17(12)21-15-7-4-6-14(11-15)18(19)20;1-3-5-6-7(8)4-2/h2-8,11-12,17H,9-10H2,1H3,(H2,19,20);7H,3-6,8H2,1-2H3/t12?,17-;7-/m11/s1. The molecule has 3 rings (SSSR count). The second-order valence-electron chi connectivity index (χ2n) is 7.96. The zero-order valence-corrected chi connectivity index (χ0v) is 18.1. The van der Waals surface area contributed by atoms with E-state index >= 15 is 0 Å². The highest BCUT2D eigenvalue weighted by Crippen LogP contribution is 2.37. The van der Waals surface area contributed by atoms with Crippen LogP contribution in [0.5, 0.6) is 5.75 Å². The van der Waals surface area contributed by atoms with Crippen molar-refractivity contribution in [1.82, 2.24) is 0 Å². The summed E-state index contributed by atoms with van der Waals surface area (Å²) >= 11 is 0. The Hall–Kier alpha value is -2.33. The van der Waals surface area contributed by atoms with Crippen LogP contribution in [-0.4, -0.2) is 11.9 Å². The number of aryl methyl sites for hydroxylation is 1. The van der Waals surface area contributed by atoms with Crippen LogP contribution in [0.3, 0.4) is 0 Å². The molecule has 0 heterocycles. The average Bonchev–Trinajstić information content (AvgIpc) is 2.74. The van der Waals surface area contributed by atoms with Crippen molar-refractivity contribution in [1.29, 1.82) is 0 Å². The minimum Gasteiger partial charge on any atom is -0.485 e. The molecule has 0 radical (unpaired) electrons. The fraction of sp³-hybridized carbons (Fsp3) is 0.480. The number of unbranched alkanes of at least 4 members (excludes halogenated alkanes) is 1. The molecule has 29 heavy (non-hydrogen) atoms. The van der Waals surface area contributed by atoms with E-state index in [-0.39, 0.29) is 6.10 Å². The SMILES string of the molecule is CC1CCc2ccccc2[C@@H]1Oc1cccc(C(N)=O)c1.CCCC[C@H](N)CC. The molecule has 4 heteroatoms. The summed E-state index contributed by atoms with van der Waals surface area (Å²) in [4.78, 5) is 11.3. The van der Waals surface area contributed by atoms with E-state index in [0.717, 1.165) is 19.3 Å². The number of primary amides is 1. The van der Waals surface area contributed by atoms with E-state index in [1.54, 1.807) is 18.2 Å². The number of nitrogens with two attached hydrogens (primary N) is 2.